The lowest BCUT2D eigenvalue weighted by Gasteiger charge is -2.14. The van der Waals surface area contributed by atoms with Gasteiger partial charge in [0.1, 0.15) is 0 Å². The molecule has 0 aliphatic rings. The molecule has 1 aromatic rings. The third-order valence-corrected chi connectivity index (χ3v) is 2.47. The number of halogens is 3. The van der Waals surface area contributed by atoms with Gasteiger partial charge in [0.25, 0.3) is 0 Å². The van der Waals surface area contributed by atoms with Crippen LogP contribution in [0.3, 0.4) is 0 Å². The molecule has 0 aliphatic carbocycles. The summed E-state index contributed by atoms with van der Waals surface area (Å²) in [4.78, 5) is 0. The molecule has 90 valence electrons. The van der Waals surface area contributed by atoms with E-state index in [1.165, 1.54) is 12.1 Å². The SMILES string of the molecule is NCC(CCO)c1ccc(C(F)(F)F)cc1. The molecule has 3 N–H and O–H groups in total. The molecule has 0 fully saturated rings. The van der Waals surface area contributed by atoms with Crippen LogP contribution in [-0.4, -0.2) is 18.3 Å². The standard InChI is InChI=1S/C11H14F3NO/c12-11(13,14)10-3-1-8(2-4-10)9(7-15)5-6-16/h1-4,9,16H,5-7,15H2. The number of rotatable bonds is 4. The van der Waals surface area contributed by atoms with Crippen molar-refractivity contribution in [1.29, 1.82) is 0 Å². The van der Waals surface area contributed by atoms with Gasteiger partial charge in [-0.15, -0.1) is 0 Å². The largest absolute Gasteiger partial charge is 0.416 e. The summed E-state index contributed by atoms with van der Waals surface area (Å²) < 4.78 is 36.9. The second-order valence-electron chi connectivity index (χ2n) is 3.56. The monoisotopic (exact) mass is 233 g/mol. The summed E-state index contributed by atoms with van der Waals surface area (Å²) >= 11 is 0. The number of nitrogens with two attached hydrogens (primary N) is 1. The van der Waals surface area contributed by atoms with Crippen LogP contribution in [0.5, 0.6) is 0 Å². The number of alkyl halides is 3. The molecule has 0 saturated carbocycles. The van der Waals surface area contributed by atoms with E-state index in [4.69, 9.17) is 10.8 Å². The Labute approximate surface area is 91.9 Å². The highest BCUT2D eigenvalue weighted by atomic mass is 19.4. The zero-order valence-electron chi connectivity index (χ0n) is 8.67. The minimum absolute atomic E-state index is 0.0249. The highest BCUT2D eigenvalue weighted by molar-refractivity contribution is 5.27. The normalized spacial score (nSPS) is 13.8. The summed E-state index contributed by atoms with van der Waals surface area (Å²) in [5.74, 6) is -0.0905. The molecule has 0 spiro atoms. The van der Waals surface area contributed by atoms with Crippen LogP contribution in [0.25, 0.3) is 0 Å². The van der Waals surface area contributed by atoms with Crippen molar-refractivity contribution in [2.24, 2.45) is 5.73 Å². The van der Waals surface area contributed by atoms with Crippen molar-refractivity contribution in [3.8, 4) is 0 Å². The van der Waals surface area contributed by atoms with Gasteiger partial charge >= 0.3 is 6.18 Å². The number of hydrogen-bond acceptors (Lipinski definition) is 2. The van der Waals surface area contributed by atoms with Gasteiger partial charge in [-0.2, -0.15) is 13.2 Å². The first-order valence-electron chi connectivity index (χ1n) is 4.97. The minimum atomic E-state index is -4.31. The number of hydrogen-bond donors (Lipinski definition) is 2. The van der Waals surface area contributed by atoms with Crippen LogP contribution in [0.2, 0.25) is 0 Å². The van der Waals surface area contributed by atoms with Gasteiger partial charge < -0.3 is 10.8 Å². The second-order valence-corrected chi connectivity index (χ2v) is 3.56. The Hall–Kier alpha value is -1.07. The van der Waals surface area contributed by atoms with Crippen LogP contribution in [0.1, 0.15) is 23.5 Å². The zero-order valence-corrected chi connectivity index (χ0v) is 8.67. The molecule has 1 aromatic carbocycles. The first kappa shape index (κ1) is 13.0. The Morgan fingerprint density at radius 2 is 1.75 bits per heavy atom. The molecule has 0 aliphatic heterocycles. The van der Waals surface area contributed by atoms with Gasteiger partial charge in [0.05, 0.1) is 5.56 Å². The molecule has 0 amide bonds. The lowest BCUT2D eigenvalue weighted by atomic mass is 9.95. The lowest BCUT2D eigenvalue weighted by Crippen LogP contribution is -2.14. The van der Waals surface area contributed by atoms with Crippen molar-refractivity contribution in [3.63, 3.8) is 0 Å². The van der Waals surface area contributed by atoms with E-state index < -0.39 is 11.7 Å². The van der Waals surface area contributed by atoms with Crippen LogP contribution >= 0.6 is 0 Å². The van der Waals surface area contributed by atoms with Crippen molar-refractivity contribution in [1.82, 2.24) is 0 Å². The van der Waals surface area contributed by atoms with Crippen molar-refractivity contribution >= 4 is 0 Å². The maximum atomic E-state index is 12.3. The van der Waals surface area contributed by atoms with Crippen molar-refractivity contribution < 1.29 is 18.3 Å². The summed E-state index contributed by atoms with van der Waals surface area (Å²) in [5, 5.41) is 8.78. The van der Waals surface area contributed by atoms with Crippen LogP contribution in [0, 0.1) is 0 Å². The Morgan fingerprint density at radius 1 is 1.19 bits per heavy atom. The van der Waals surface area contributed by atoms with E-state index in [0.717, 1.165) is 17.7 Å². The average Bonchev–Trinajstić information content (AvgIpc) is 2.25. The quantitative estimate of drug-likeness (QED) is 0.836. The first-order valence-corrected chi connectivity index (χ1v) is 4.97. The Balaban J connectivity index is 2.85. The lowest BCUT2D eigenvalue weighted by molar-refractivity contribution is -0.137. The number of aliphatic hydroxyl groups is 1. The molecule has 0 heterocycles. The van der Waals surface area contributed by atoms with Gasteiger partial charge in [0.15, 0.2) is 0 Å². The highest BCUT2D eigenvalue weighted by Crippen LogP contribution is 2.30. The summed E-state index contributed by atoms with van der Waals surface area (Å²) in [6.07, 6.45) is -3.85. The van der Waals surface area contributed by atoms with Crippen molar-refractivity contribution in [3.05, 3.63) is 35.4 Å². The topological polar surface area (TPSA) is 46.2 Å². The summed E-state index contributed by atoms with van der Waals surface area (Å²) in [6.45, 7) is 0.287. The first-order chi connectivity index (χ1) is 7.49. The molecule has 1 rings (SSSR count). The summed E-state index contributed by atoms with van der Waals surface area (Å²) in [7, 11) is 0. The Morgan fingerprint density at radius 3 is 2.12 bits per heavy atom. The van der Waals surface area contributed by atoms with Gasteiger partial charge in [-0.05, 0) is 36.6 Å². The molecule has 5 heteroatoms. The van der Waals surface area contributed by atoms with Crippen LogP contribution in [0.15, 0.2) is 24.3 Å². The van der Waals surface area contributed by atoms with Gasteiger partial charge in [-0.1, -0.05) is 12.1 Å². The number of benzene rings is 1. The molecule has 0 saturated heterocycles. The maximum Gasteiger partial charge on any atom is 0.416 e. The third kappa shape index (κ3) is 3.21. The van der Waals surface area contributed by atoms with E-state index in [-0.39, 0.29) is 12.5 Å². The van der Waals surface area contributed by atoms with Crippen molar-refractivity contribution in [2.45, 2.75) is 18.5 Å². The molecule has 0 radical (unpaired) electrons. The average molecular weight is 233 g/mol. The van der Waals surface area contributed by atoms with Crippen molar-refractivity contribution in [2.75, 3.05) is 13.2 Å². The Kier molecular flexibility index (Phi) is 4.32. The van der Waals surface area contributed by atoms with Crippen LogP contribution in [-0.2, 0) is 6.18 Å². The molecule has 1 unspecified atom stereocenters. The molecule has 0 bridgehead atoms. The smallest absolute Gasteiger partial charge is 0.396 e. The van der Waals surface area contributed by atoms with E-state index >= 15 is 0 Å². The zero-order chi connectivity index (χ0) is 12.2. The van der Waals surface area contributed by atoms with E-state index in [1.54, 1.807) is 0 Å². The van der Waals surface area contributed by atoms with Gasteiger partial charge in [0.2, 0.25) is 0 Å². The summed E-state index contributed by atoms with van der Waals surface area (Å²) in [5.41, 5.74) is 5.54. The fourth-order valence-electron chi connectivity index (χ4n) is 1.52. The van der Waals surface area contributed by atoms with E-state index in [9.17, 15) is 13.2 Å². The van der Waals surface area contributed by atoms with Gasteiger partial charge in [-0.3, -0.25) is 0 Å². The van der Waals surface area contributed by atoms with E-state index in [2.05, 4.69) is 0 Å². The van der Waals surface area contributed by atoms with Gasteiger partial charge in [-0.25, -0.2) is 0 Å². The fraction of sp³-hybridized carbons (Fsp3) is 0.455. The van der Waals surface area contributed by atoms with Crippen LogP contribution < -0.4 is 5.73 Å². The molecular weight excluding hydrogens is 219 g/mol. The summed E-state index contributed by atoms with van der Waals surface area (Å²) in [6, 6.07) is 4.90. The Bertz CT molecular complexity index is 321. The molecule has 16 heavy (non-hydrogen) atoms. The predicted molar refractivity (Wildman–Crippen MR) is 54.9 cm³/mol. The number of aliphatic hydroxyl groups excluding tert-OH is 1. The fourth-order valence-corrected chi connectivity index (χ4v) is 1.52. The van der Waals surface area contributed by atoms with E-state index in [0.29, 0.717) is 13.0 Å². The molecule has 0 aromatic heterocycles. The van der Waals surface area contributed by atoms with Crippen LogP contribution in [0.4, 0.5) is 13.2 Å². The highest BCUT2D eigenvalue weighted by Gasteiger charge is 2.30. The van der Waals surface area contributed by atoms with E-state index in [1.807, 2.05) is 0 Å². The predicted octanol–water partition coefficient (Wildman–Crippen LogP) is 2.13. The molecule has 1 atom stereocenters. The van der Waals surface area contributed by atoms with Gasteiger partial charge in [0, 0.05) is 6.61 Å². The third-order valence-electron chi connectivity index (χ3n) is 2.47. The second kappa shape index (κ2) is 5.32. The molecular formula is C11H14F3NO. The maximum absolute atomic E-state index is 12.3. The molecule has 2 nitrogen and oxygen atoms in total. The minimum Gasteiger partial charge on any atom is -0.396 e.